The van der Waals surface area contributed by atoms with Crippen molar-refractivity contribution in [1.29, 1.82) is 0 Å². The predicted octanol–water partition coefficient (Wildman–Crippen LogP) is 2.66. The summed E-state index contributed by atoms with van der Waals surface area (Å²) < 4.78 is 7.10. The maximum absolute atomic E-state index is 12.5. The van der Waals surface area contributed by atoms with E-state index >= 15 is 0 Å². The van der Waals surface area contributed by atoms with Gasteiger partial charge in [0, 0.05) is 22.6 Å². The second-order valence-corrected chi connectivity index (χ2v) is 7.56. The average molecular weight is 386 g/mol. The highest BCUT2D eigenvalue weighted by atomic mass is 32.2. The molecule has 0 aliphatic carbocycles. The minimum absolute atomic E-state index is 0.0788. The monoisotopic (exact) mass is 386 g/mol. The highest BCUT2D eigenvalue weighted by Crippen LogP contribution is 2.22. The summed E-state index contributed by atoms with van der Waals surface area (Å²) in [5.41, 5.74) is 4.43. The van der Waals surface area contributed by atoms with Crippen molar-refractivity contribution in [3.05, 3.63) is 52.8 Å². The number of ether oxygens (including phenoxy) is 1. The third kappa shape index (κ3) is 4.24. The number of hydrogen-bond acceptors (Lipinski definition) is 5. The van der Waals surface area contributed by atoms with E-state index in [0.29, 0.717) is 17.2 Å². The number of Topliss-reactive ketones (excluding diaryl/α,β-unsaturated/α-hetero) is 1. The molecule has 7 heteroatoms. The zero-order valence-corrected chi connectivity index (χ0v) is 16.5. The van der Waals surface area contributed by atoms with Crippen LogP contribution in [0.4, 0.5) is 0 Å². The number of carbonyl (C=O) groups excluding carboxylic acids is 3. The molecule has 0 radical (unpaired) electrons. The van der Waals surface area contributed by atoms with Gasteiger partial charge in [-0.1, -0.05) is 17.7 Å². The van der Waals surface area contributed by atoms with Gasteiger partial charge in [-0.05, 0) is 39.0 Å². The molecule has 1 aliphatic rings. The molecule has 1 amide bonds. The molecule has 0 unspecified atom stereocenters. The molecule has 1 aliphatic heterocycles. The number of nitrogens with zero attached hydrogens (tertiary/aromatic N) is 2. The van der Waals surface area contributed by atoms with Crippen LogP contribution < -0.4 is 0 Å². The lowest BCUT2D eigenvalue weighted by molar-refractivity contribution is -0.146. The molecule has 0 atom stereocenters. The molecule has 0 spiro atoms. The fourth-order valence-electron chi connectivity index (χ4n) is 3.10. The van der Waals surface area contributed by atoms with Crippen LogP contribution in [0, 0.1) is 20.8 Å². The summed E-state index contributed by atoms with van der Waals surface area (Å²) >= 11 is 1.46. The molecular weight excluding hydrogens is 364 g/mol. The standard InChI is InChI=1S/C20H22N2O4S/c1-13-4-6-16(7-5-13)22-14(2)8-17(15(22)3)18(23)10-26-20(25)9-21-12-27-11-19(21)24/h4-8H,9-12H2,1-3H3. The first kappa shape index (κ1) is 19.2. The third-order valence-corrected chi connectivity index (χ3v) is 5.48. The van der Waals surface area contributed by atoms with Crippen LogP contribution in [0.5, 0.6) is 0 Å². The van der Waals surface area contributed by atoms with Gasteiger partial charge >= 0.3 is 5.97 Å². The van der Waals surface area contributed by atoms with E-state index in [1.807, 2.05) is 55.7 Å². The van der Waals surface area contributed by atoms with Gasteiger partial charge in [0.1, 0.15) is 6.54 Å². The Morgan fingerprint density at radius 2 is 1.85 bits per heavy atom. The van der Waals surface area contributed by atoms with Gasteiger partial charge in [0.25, 0.3) is 0 Å². The summed E-state index contributed by atoms with van der Waals surface area (Å²) in [6.07, 6.45) is 0. The van der Waals surface area contributed by atoms with Crippen molar-refractivity contribution in [2.75, 3.05) is 24.8 Å². The fraction of sp³-hybridized carbons (Fsp3) is 0.350. The average Bonchev–Trinajstić information content (AvgIpc) is 3.17. The predicted molar refractivity (Wildman–Crippen MR) is 104 cm³/mol. The van der Waals surface area contributed by atoms with Crippen molar-refractivity contribution < 1.29 is 19.1 Å². The molecule has 142 valence electrons. The summed E-state index contributed by atoms with van der Waals surface area (Å²) in [4.78, 5) is 37.4. The number of rotatable bonds is 6. The van der Waals surface area contributed by atoms with Gasteiger partial charge in [0.2, 0.25) is 11.7 Å². The molecule has 1 aromatic carbocycles. The van der Waals surface area contributed by atoms with E-state index in [1.165, 1.54) is 22.2 Å². The number of aromatic nitrogens is 1. The second-order valence-electron chi connectivity index (χ2n) is 6.61. The lowest BCUT2D eigenvalue weighted by atomic mass is 10.1. The van der Waals surface area contributed by atoms with Gasteiger partial charge < -0.3 is 14.2 Å². The molecular formula is C20H22N2O4S. The minimum atomic E-state index is -0.563. The molecule has 3 rings (SSSR count). The number of amides is 1. The van der Waals surface area contributed by atoms with Crippen molar-refractivity contribution in [3.63, 3.8) is 0 Å². The number of esters is 1. The zero-order chi connectivity index (χ0) is 19.6. The van der Waals surface area contributed by atoms with Crippen LogP contribution in [0.15, 0.2) is 30.3 Å². The van der Waals surface area contributed by atoms with Gasteiger partial charge in [0.05, 0.1) is 11.6 Å². The summed E-state index contributed by atoms with van der Waals surface area (Å²) in [6.45, 7) is 5.40. The number of aryl methyl sites for hydroxylation is 2. The molecule has 1 saturated heterocycles. The van der Waals surface area contributed by atoms with E-state index < -0.39 is 5.97 Å². The molecule has 6 nitrogen and oxygen atoms in total. The summed E-state index contributed by atoms with van der Waals surface area (Å²) in [6, 6.07) is 9.88. The Morgan fingerprint density at radius 3 is 2.48 bits per heavy atom. The Balaban J connectivity index is 1.66. The van der Waals surface area contributed by atoms with E-state index in [2.05, 4.69) is 0 Å². The lowest BCUT2D eigenvalue weighted by Crippen LogP contribution is -2.33. The minimum Gasteiger partial charge on any atom is -0.456 e. The van der Waals surface area contributed by atoms with Crippen LogP contribution in [-0.4, -0.2) is 51.9 Å². The van der Waals surface area contributed by atoms with E-state index in [1.54, 1.807) is 0 Å². The van der Waals surface area contributed by atoms with Gasteiger partial charge in [-0.25, -0.2) is 0 Å². The number of thioether (sulfide) groups is 1. The first-order valence-corrected chi connectivity index (χ1v) is 9.82. The van der Waals surface area contributed by atoms with Crippen LogP contribution >= 0.6 is 11.8 Å². The van der Waals surface area contributed by atoms with Crippen molar-refractivity contribution in [2.45, 2.75) is 20.8 Å². The van der Waals surface area contributed by atoms with E-state index in [9.17, 15) is 14.4 Å². The Labute approximate surface area is 162 Å². The number of ketones is 1. The maximum Gasteiger partial charge on any atom is 0.326 e. The Morgan fingerprint density at radius 1 is 1.15 bits per heavy atom. The van der Waals surface area contributed by atoms with Gasteiger partial charge in [-0.2, -0.15) is 0 Å². The normalized spacial score (nSPS) is 13.9. The second kappa shape index (κ2) is 8.00. The lowest BCUT2D eigenvalue weighted by Gasteiger charge is -2.13. The van der Waals surface area contributed by atoms with Gasteiger partial charge in [-0.3, -0.25) is 14.4 Å². The first-order chi connectivity index (χ1) is 12.9. The Kier molecular flexibility index (Phi) is 5.70. The van der Waals surface area contributed by atoms with E-state index in [-0.39, 0.29) is 24.8 Å². The van der Waals surface area contributed by atoms with E-state index in [4.69, 9.17) is 4.74 Å². The third-order valence-electron chi connectivity index (χ3n) is 4.53. The van der Waals surface area contributed by atoms with Gasteiger partial charge in [0.15, 0.2) is 6.61 Å². The molecule has 1 aromatic heterocycles. The fourth-order valence-corrected chi connectivity index (χ4v) is 4.01. The summed E-state index contributed by atoms with van der Waals surface area (Å²) in [5, 5.41) is 0. The van der Waals surface area contributed by atoms with Crippen LogP contribution in [0.2, 0.25) is 0 Å². The molecule has 27 heavy (non-hydrogen) atoms. The molecule has 2 aromatic rings. The molecule has 0 saturated carbocycles. The smallest absolute Gasteiger partial charge is 0.326 e. The van der Waals surface area contributed by atoms with Gasteiger partial charge in [-0.15, -0.1) is 11.8 Å². The highest BCUT2D eigenvalue weighted by molar-refractivity contribution is 8.00. The van der Waals surface area contributed by atoms with Crippen LogP contribution in [0.25, 0.3) is 5.69 Å². The van der Waals surface area contributed by atoms with Crippen molar-refractivity contribution in [1.82, 2.24) is 9.47 Å². The molecule has 1 fully saturated rings. The quantitative estimate of drug-likeness (QED) is 0.564. The molecule has 0 N–H and O–H groups in total. The van der Waals surface area contributed by atoms with Crippen molar-refractivity contribution >= 4 is 29.4 Å². The van der Waals surface area contributed by atoms with Crippen LogP contribution in [0.1, 0.15) is 27.3 Å². The first-order valence-electron chi connectivity index (χ1n) is 8.67. The Bertz CT molecular complexity index is 886. The highest BCUT2D eigenvalue weighted by Gasteiger charge is 2.24. The summed E-state index contributed by atoms with van der Waals surface area (Å²) in [5.74, 6) is -0.0232. The number of benzene rings is 1. The van der Waals surface area contributed by atoms with E-state index in [0.717, 1.165) is 17.1 Å². The molecule has 0 bridgehead atoms. The zero-order valence-electron chi connectivity index (χ0n) is 15.7. The Hall–Kier alpha value is -2.54. The van der Waals surface area contributed by atoms with Crippen LogP contribution in [0.3, 0.4) is 0 Å². The van der Waals surface area contributed by atoms with Crippen LogP contribution in [-0.2, 0) is 14.3 Å². The molecule has 2 heterocycles. The maximum atomic E-state index is 12.5. The largest absolute Gasteiger partial charge is 0.456 e. The van der Waals surface area contributed by atoms with Crippen molar-refractivity contribution in [3.8, 4) is 5.69 Å². The van der Waals surface area contributed by atoms with Crippen molar-refractivity contribution in [2.24, 2.45) is 0 Å². The SMILES string of the molecule is Cc1ccc(-n2c(C)cc(C(=O)COC(=O)CN3CSCC3=O)c2C)cc1. The topological polar surface area (TPSA) is 68.6 Å². The number of carbonyl (C=O) groups is 3. The number of hydrogen-bond donors (Lipinski definition) is 0. The summed E-state index contributed by atoms with van der Waals surface area (Å²) in [7, 11) is 0.